The maximum Gasteiger partial charge on any atom is 0.323 e. The Morgan fingerprint density at radius 1 is 1.57 bits per heavy atom. The van der Waals surface area contributed by atoms with Crippen LogP contribution in [0.2, 0.25) is 0 Å². The van der Waals surface area contributed by atoms with Crippen LogP contribution in [0.3, 0.4) is 0 Å². The number of aliphatic carboxylic acids is 1. The first-order chi connectivity index (χ1) is 6.59. The minimum absolute atomic E-state index is 0.0936. The fourth-order valence-corrected chi connectivity index (χ4v) is 1.54. The predicted octanol–water partition coefficient (Wildman–Crippen LogP) is 0.886. The van der Waals surface area contributed by atoms with Crippen LogP contribution in [0.1, 0.15) is 19.3 Å². The van der Waals surface area contributed by atoms with E-state index in [4.69, 9.17) is 5.11 Å². The molecule has 1 rings (SSSR count). The molecule has 1 aliphatic carbocycles. The van der Waals surface area contributed by atoms with Crippen molar-refractivity contribution >= 4 is 11.9 Å². The van der Waals surface area contributed by atoms with E-state index in [9.17, 15) is 9.59 Å². The lowest BCUT2D eigenvalue weighted by molar-refractivity contribution is -0.143. The van der Waals surface area contributed by atoms with Crippen LogP contribution in [0, 0.1) is 5.92 Å². The summed E-state index contributed by atoms with van der Waals surface area (Å²) in [5.74, 6) is -0.759. The molecule has 0 saturated carbocycles. The molecule has 14 heavy (non-hydrogen) atoms. The van der Waals surface area contributed by atoms with Crippen LogP contribution in [0.25, 0.3) is 0 Å². The summed E-state index contributed by atoms with van der Waals surface area (Å²) < 4.78 is 0. The molecule has 4 heteroatoms. The molecule has 1 N–H and O–H groups in total. The number of hydrogen-bond donors (Lipinski definition) is 1. The minimum atomic E-state index is -0.970. The number of allylic oxidation sites excluding steroid dienone is 2. The third kappa shape index (κ3) is 3.20. The van der Waals surface area contributed by atoms with E-state index in [1.807, 2.05) is 6.08 Å². The van der Waals surface area contributed by atoms with E-state index in [1.165, 1.54) is 11.9 Å². The highest BCUT2D eigenvalue weighted by Gasteiger charge is 2.17. The molecule has 0 aromatic rings. The topological polar surface area (TPSA) is 57.6 Å². The Labute approximate surface area is 83.2 Å². The van der Waals surface area contributed by atoms with Crippen LogP contribution in [0.4, 0.5) is 0 Å². The summed E-state index contributed by atoms with van der Waals surface area (Å²) in [5, 5.41) is 8.49. The highest BCUT2D eigenvalue weighted by Crippen LogP contribution is 2.20. The maximum atomic E-state index is 11.5. The van der Waals surface area contributed by atoms with Crippen LogP contribution in [-0.2, 0) is 9.59 Å². The van der Waals surface area contributed by atoms with Gasteiger partial charge in [-0.3, -0.25) is 9.59 Å². The van der Waals surface area contributed by atoms with Crippen LogP contribution in [0.15, 0.2) is 12.2 Å². The number of carbonyl (C=O) groups is 2. The van der Waals surface area contributed by atoms with E-state index < -0.39 is 5.97 Å². The number of carbonyl (C=O) groups excluding carboxylic acids is 1. The van der Waals surface area contributed by atoms with Gasteiger partial charge in [-0.2, -0.15) is 0 Å². The molecule has 0 heterocycles. The summed E-state index contributed by atoms with van der Waals surface area (Å²) in [6.07, 6.45) is 6.56. The highest BCUT2D eigenvalue weighted by molar-refractivity contribution is 5.81. The predicted molar refractivity (Wildman–Crippen MR) is 51.8 cm³/mol. The number of nitrogens with zero attached hydrogens (tertiary/aromatic N) is 1. The van der Waals surface area contributed by atoms with Crippen molar-refractivity contribution in [2.45, 2.75) is 19.3 Å². The first-order valence-corrected chi connectivity index (χ1v) is 4.72. The Hall–Kier alpha value is -1.32. The Kier molecular flexibility index (Phi) is 3.68. The fourth-order valence-electron chi connectivity index (χ4n) is 1.54. The molecule has 78 valence electrons. The van der Waals surface area contributed by atoms with Gasteiger partial charge in [-0.1, -0.05) is 12.2 Å². The van der Waals surface area contributed by atoms with E-state index in [-0.39, 0.29) is 12.5 Å². The van der Waals surface area contributed by atoms with Crippen molar-refractivity contribution in [3.8, 4) is 0 Å². The molecule has 0 saturated heterocycles. The largest absolute Gasteiger partial charge is 0.480 e. The quantitative estimate of drug-likeness (QED) is 0.681. The van der Waals surface area contributed by atoms with Gasteiger partial charge in [-0.15, -0.1) is 0 Å². The smallest absolute Gasteiger partial charge is 0.323 e. The lowest BCUT2D eigenvalue weighted by Gasteiger charge is -2.16. The molecule has 0 aromatic carbocycles. The minimum Gasteiger partial charge on any atom is -0.480 e. The third-order valence-electron chi connectivity index (χ3n) is 2.35. The Morgan fingerprint density at radius 3 is 2.79 bits per heavy atom. The number of amides is 1. The Morgan fingerprint density at radius 2 is 2.29 bits per heavy atom. The summed E-state index contributed by atoms with van der Waals surface area (Å²) in [4.78, 5) is 23.1. The van der Waals surface area contributed by atoms with Gasteiger partial charge in [0.1, 0.15) is 6.54 Å². The molecule has 1 aliphatic rings. The number of likely N-dealkylation sites (N-methyl/N-ethyl adjacent to an activating group) is 1. The van der Waals surface area contributed by atoms with E-state index in [0.29, 0.717) is 12.3 Å². The Balaban J connectivity index is 2.33. The number of hydrogen-bond acceptors (Lipinski definition) is 2. The molecule has 0 radical (unpaired) electrons. The first-order valence-electron chi connectivity index (χ1n) is 4.72. The van der Waals surface area contributed by atoms with Gasteiger partial charge >= 0.3 is 5.97 Å². The van der Waals surface area contributed by atoms with Gasteiger partial charge in [0.05, 0.1) is 0 Å². The summed E-state index contributed by atoms with van der Waals surface area (Å²) >= 11 is 0. The summed E-state index contributed by atoms with van der Waals surface area (Å²) in [6, 6.07) is 0. The molecular formula is C10H15NO3. The van der Waals surface area contributed by atoms with Crippen molar-refractivity contribution in [2.24, 2.45) is 5.92 Å². The highest BCUT2D eigenvalue weighted by atomic mass is 16.4. The monoisotopic (exact) mass is 197 g/mol. The standard InChI is InChI=1S/C10H15NO3/c1-11(7-10(13)14)9(12)6-8-4-2-3-5-8/h2,4,8H,3,5-7H2,1H3,(H,13,14). The molecule has 1 unspecified atom stereocenters. The van der Waals surface area contributed by atoms with Gasteiger partial charge in [-0.05, 0) is 18.8 Å². The number of rotatable bonds is 4. The van der Waals surface area contributed by atoms with Crippen molar-refractivity contribution < 1.29 is 14.7 Å². The van der Waals surface area contributed by atoms with Crippen molar-refractivity contribution in [3.05, 3.63) is 12.2 Å². The molecule has 1 atom stereocenters. The second-order valence-electron chi connectivity index (χ2n) is 3.61. The van der Waals surface area contributed by atoms with Crippen molar-refractivity contribution in [1.82, 2.24) is 4.90 Å². The van der Waals surface area contributed by atoms with Crippen LogP contribution in [-0.4, -0.2) is 35.5 Å². The summed E-state index contributed by atoms with van der Waals surface area (Å²) in [7, 11) is 1.52. The SMILES string of the molecule is CN(CC(=O)O)C(=O)CC1C=CCC1. The van der Waals surface area contributed by atoms with Crippen molar-refractivity contribution in [2.75, 3.05) is 13.6 Å². The average Bonchev–Trinajstić information content (AvgIpc) is 2.55. The summed E-state index contributed by atoms with van der Waals surface area (Å²) in [6.45, 7) is -0.213. The second kappa shape index (κ2) is 4.79. The van der Waals surface area contributed by atoms with Crippen LogP contribution < -0.4 is 0 Å². The normalized spacial score (nSPS) is 19.6. The molecule has 0 aromatic heterocycles. The van der Waals surface area contributed by atoms with Gasteiger partial charge in [0.15, 0.2) is 0 Å². The van der Waals surface area contributed by atoms with Gasteiger partial charge in [-0.25, -0.2) is 0 Å². The van der Waals surface area contributed by atoms with E-state index in [1.54, 1.807) is 0 Å². The Bertz CT molecular complexity index is 260. The maximum absolute atomic E-state index is 11.5. The molecule has 0 spiro atoms. The van der Waals surface area contributed by atoms with Crippen molar-refractivity contribution in [1.29, 1.82) is 0 Å². The average molecular weight is 197 g/mol. The fraction of sp³-hybridized carbons (Fsp3) is 0.600. The molecule has 0 aliphatic heterocycles. The zero-order chi connectivity index (χ0) is 10.6. The van der Waals surface area contributed by atoms with Crippen LogP contribution >= 0.6 is 0 Å². The van der Waals surface area contributed by atoms with Gasteiger partial charge < -0.3 is 10.0 Å². The second-order valence-corrected chi connectivity index (χ2v) is 3.61. The molecule has 0 bridgehead atoms. The molecule has 1 amide bonds. The van der Waals surface area contributed by atoms with E-state index >= 15 is 0 Å². The van der Waals surface area contributed by atoms with Gasteiger partial charge in [0.25, 0.3) is 0 Å². The molecular weight excluding hydrogens is 182 g/mol. The van der Waals surface area contributed by atoms with Gasteiger partial charge in [0, 0.05) is 13.5 Å². The number of carboxylic acid groups (broad SMARTS) is 1. The third-order valence-corrected chi connectivity index (χ3v) is 2.35. The van der Waals surface area contributed by atoms with E-state index in [2.05, 4.69) is 6.08 Å². The molecule has 0 fully saturated rings. The van der Waals surface area contributed by atoms with E-state index in [0.717, 1.165) is 12.8 Å². The zero-order valence-corrected chi connectivity index (χ0v) is 8.27. The summed E-state index contributed by atoms with van der Waals surface area (Å²) in [5.41, 5.74) is 0. The lowest BCUT2D eigenvalue weighted by Crippen LogP contribution is -2.32. The number of carboxylic acids is 1. The zero-order valence-electron chi connectivity index (χ0n) is 8.27. The first kappa shape index (κ1) is 10.8. The lowest BCUT2D eigenvalue weighted by atomic mass is 10.0. The van der Waals surface area contributed by atoms with Crippen molar-refractivity contribution in [3.63, 3.8) is 0 Å². The van der Waals surface area contributed by atoms with Gasteiger partial charge in [0.2, 0.25) is 5.91 Å². The molecule has 4 nitrogen and oxygen atoms in total. The van der Waals surface area contributed by atoms with Crippen LogP contribution in [0.5, 0.6) is 0 Å².